The second kappa shape index (κ2) is 9.08. The number of hydrogen-bond acceptors (Lipinski definition) is 4. The van der Waals surface area contributed by atoms with Gasteiger partial charge < -0.3 is 4.90 Å². The van der Waals surface area contributed by atoms with Crippen molar-refractivity contribution in [1.29, 1.82) is 0 Å². The number of anilines is 1. The Morgan fingerprint density at radius 2 is 1.60 bits per heavy atom. The molecular formula is C24H33N3O2S. The van der Waals surface area contributed by atoms with Crippen molar-refractivity contribution < 1.29 is 8.42 Å². The first-order valence-electron chi connectivity index (χ1n) is 11.1. The van der Waals surface area contributed by atoms with Gasteiger partial charge in [-0.2, -0.15) is 0 Å². The van der Waals surface area contributed by atoms with Gasteiger partial charge in [-0.05, 0) is 56.0 Å². The van der Waals surface area contributed by atoms with Crippen molar-refractivity contribution in [2.45, 2.75) is 56.5 Å². The Balaban J connectivity index is 1.43. The molecule has 0 bridgehead atoms. The van der Waals surface area contributed by atoms with Gasteiger partial charge in [0.2, 0.25) is 10.0 Å². The number of hydrogen-bond donors (Lipinski definition) is 1. The van der Waals surface area contributed by atoms with Gasteiger partial charge in [-0.3, -0.25) is 4.90 Å². The first kappa shape index (κ1) is 21.3. The molecule has 1 aliphatic heterocycles. The molecule has 4 rings (SSSR count). The second-order valence-corrected chi connectivity index (χ2v) is 10.4. The van der Waals surface area contributed by atoms with Crippen LogP contribution in [-0.4, -0.2) is 51.6 Å². The number of rotatable bonds is 5. The molecule has 6 heteroatoms. The van der Waals surface area contributed by atoms with Crippen LogP contribution in [0.15, 0.2) is 53.4 Å². The molecule has 1 N–H and O–H groups in total. The lowest BCUT2D eigenvalue weighted by Crippen LogP contribution is -2.58. The van der Waals surface area contributed by atoms with Crippen LogP contribution in [0.5, 0.6) is 0 Å². The van der Waals surface area contributed by atoms with Crippen molar-refractivity contribution in [2.75, 3.05) is 31.1 Å². The Morgan fingerprint density at radius 1 is 0.900 bits per heavy atom. The van der Waals surface area contributed by atoms with E-state index in [0.717, 1.165) is 45.4 Å². The molecule has 2 aliphatic rings. The Bertz CT molecular complexity index is 954. The summed E-state index contributed by atoms with van der Waals surface area (Å²) >= 11 is 0. The van der Waals surface area contributed by atoms with E-state index in [0.29, 0.717) is 4.90 Å². The van der Waals surface area contributed by atoms with Gasteiger partial charge in [0.1, 0.15) is 0 Å². The SMILES string of the molecule is Cc1ccc(C)c(N2CCN([C@H]3CCCC[C@H]3NS(=O)(=O)c3ccccc3)CC2)c1. The summed E-state index contributed by atoms with van der Waals surface area (Å²) in [6.07, 6.45) is 4.23. The van der Waals surface area contributed by atoms with Crippen molar-refractivity contribution in [3.8, 4) is 0 Å². The fourth-order valence-corrected chi connectivity index (χ4v) is 6.23. The van der Waals surface area contributed by atoms with Crippen LogP contribution in [0.1, 0.15) is 36.8 Å². The van der Waals surface area contributed by atoms with E-state index in [1.807, 2.05) is 6.07 Å². The lowest BCUT2D eigenvalue weighted by molar-refractivity contribution is 0.124. The highest BCUT2D eigenvalue weighted by atomic mass is 32.2. The molecule has 2 fully saturated rings. The van der Waals surface area contributed by atoms with Gasteiger partial charge in [0.05, 0.1) is 4.90 Å². The summed E-state index contributed by atoms with van der Waals surface area (Å²) in [5.41, 5.74) is 3.94. The maximum Gasteiger partial charge on any atom is 0.240 e. The Hall–Kier alpha value is -1.89. The van der Waals surface area contributed by atoms with Gasteiger partial charge in [-0.1, -0.05) is 43.2 Å². The quantitative estimate of drug-likeness (QED) is 0.790. The topological polar surface area (TPSA) is 52.6 Å². The van der Waals surface area contributed by atoms with Crippen LogP contribution < -0.4 is 9.62 Å². The summed E-state index contributed by atoms with van der Waals surface area (Å²) in [5, 5.41) is 0. The molecule has 162 valence electrons. The van der Waals surface area contributed by atoms with E-state index in [-0.39, 0.29) is 12.1 Å². The van der Waals surface area contributed by atoms with Gasteiger partial charge >= 0.3 is 0 Å². The van der Waals surface area contributed by atoms with E-state index in [2.05, 4.69) is 46.6 Å². The number of piperazine rings is 1. The van der Waals surface area contributed by atoms with Gasteiger partial charge in [-0.25, -0.2) is 13.1 Å². The molecule has 1 aliphatic carbocycles. The molecule has 2 atom stereocenters. The third kappa shape index (κ3) is 4.71. The number of nitrogens with one attached hydrogen (secondary N) is 1. The average molecular weight is 428 g/mol. The summed E-state index contributed by atoms with van der Waals surface area (Å²) in [6, 6.07) is 15.6. The van der Waals surface area contributed by atoms with E-state index < -0.39 is 10.0 Å². The minimum Gasteiger partial charge on any atom is -0.369 e. The zero-order chi connectivity index (χ0) is 21.1. The molecule has 30 heavy (non-hydrogen) atoms. The molecule has 0 amide bonds. The molecule has 0 aromatic heterocycles. The van der Waals surface area contributed by atoms with Gasteiger partial charge in [0.25, 0.3) is 0 Å². The minimum absolute atomic E-state index is 0.0174. The molecular weight excluding hydrogens is 394 g/mol. The smallest absolute Gasteiger partial charge is 0.240 e. The summed E-state index contributed by atoms with van der Waals surface area (Å²) < 4.78 is 28.8. The van der Waals surface area contributed by atoms with Crippen molar-refractivity contribution in [1.82, 2.24) is 9.62 Å². The molecule has 2 aromatic carbocycles. The lowest BCUT2D eigenvalue weighted by Gasteiger charge is -2.45. The number of nitrogens with zero attached hydrogens (tertiary/aromatic N) is 2. The molecule has 1 saturated heterocycles. The molecule has 5 nitrogen and oxygen atoms in total. The first-order chi connectivity index (χ1) is 14.4. The van der Waals surface area contributed by atoms with Crippen LogP contribution in [0.2, 0.25) is 0 Å². The Morgan fingerprint density at radius 3 is 2.33 bits per heavy atom. The van der Waals surface area contributed by atoms with E-state index in [4.69, 9.17) is 0 Å². The number of sulfonamides is 1. The van der Waals surface area contributed by atoms with Crippen LogP contribution in [0.4, 0.5) is 5.69 Å². The molecule has 1 heterocycles. The van der Waals surface area contributed by atoms with Gasteiger partial charge in [-0.15, -0.1) is 0 Å². The minimum atomic E-state index is -3.48. The summed E-state index contributed by atoms with van der Waals surface area (Å²) in [4.78, 5) is 5.35. The molecule has 2 aromatic rings. The van der Waals surface area contributed by atoms with Crippen LogP contribution in [0, 0.1) is 13.8 Å². The molecule has 1 saturated carbocycles. The van der Waals surface area contributed by atoms with Crippen molar-refractivity contribution >= 4 is 15.7 Å². The molecule has 0 spiro atoms. The Labute approximate surface area is 181 Å². The van der Waals surface area contributed by atoms with Crippen LogP contribution in [0.3, 0.4) is 0 Å². The van der Waals surface area contributed by atoms with Gasteiger partial charge in [0.15, 0.2) is 0 Å². The summed E-state index contributed by atoms with van der Waals surface area (Å²) in [6.45, 7) is 8.24. The standard InChI is InChI=1S/C24H33N3O2S/c1-19-12-13-20(2)24(18-19)27-16-14-26(15-17-27)23-11-7-6-10-22(23)25-30(28,29)21-8-4-3-5-9-21/h3-5,8-9,12-13,18,22-23,25H,6-7,10-11,14-17H2,1-2H3/t22-,23+/m1/s1. The van der Waals surface area contributed by atoms with Crippen molar-refractivity contribution in [2.24, 2.45) is 0 Å². The van der Waals surface area contributed by atoms with Gasteiger partial charge in [0, 0.05) is 44.0 Å². The maximum atomic E-state index is 12.9. The van der Waals surface area contributed by atoms with Crippen LogP contribution >= 0.6 is 0 Å². The highest BCUT2D eigenvalue weighted by Crippen LogP contribution is 2.28. The van der Waals surface area contributed by atoms with E-state index in [9.17, 15) is 8.42 Å². The normalized spacial score (nSPS) is 23.5. The Kier molecular flexibility index (Phi) is 6.46. The maximum absolute atomic E-state index is 12.9. The first-order valence-corrected chi connectivity index (χ1v) is 12.6. The van der Waals surface area contributed by atoms with Crippen molar-refractivity contribution in [3.05, 3.63) is 59.7 Å². The zero-order valence-electron chi connectivity index (χ0n) is 18.0. The lowest BCUT2D eigenvalue weighted by atomic mass is 9.89. The monoisotopic (exact) mass is 427 g/mol. The van der Waals surface area contributed by atoms with Crippen LogP contribution in [-0.2, 0) is 10.0 Å². The zero-order valence-corrected chi connectivity index (χ0v) is 18.9. The fourth-order valence-electron chi connectivity index (χ4n) is 4.91. The largest absolute Gasteiger partial charge is 0.369 e. The average Bonchev–Trinajstić information content (AvgIpc) is 2.76. The highest BCUT2D eigenvalue weighted by Gasteiger charge is 2.34. The number of aryl methyl sites for hydroxylation is 2. The molecule has 0 unspecified atom stereocenters. The second-order valence-electron chi connectivity index (χ2n) is 8.71. The molecule has 0 radical (unpaired) electrons. The van der Waals surface area contributed by atoms with E-state index >= 15 is 0 Å². The van der Waals surface area contributed by atoms with Crippen LogP contribution in [0.25, 0.3) is 0 Å². The predicted octanol–water partition coefficient (Wildman–Crippen LogP) is 3.72. The fraction of sp³-hybridized carbons (Fsp3) is 0.500. The van der Waals surface area contributed by atoms with Crippen molar-refractivity contribution in [3.63, 3.8) is 0 Å². The van der Waals surface area contributed by atoms with E-state index in [1.165, 1.54) is 23.2 Å². The third-order valence-electron chi connectivity index (χ3n) is 6.58. The number of benzene rings is 2. The third-order valence-corrected chi connectivity index (χ3v) is 8.08. The summed E-state index contributed by atoms with van der Waals surface area (Å²) in [5.74, 6) is 0. The van der Waals surface area contributed by atoms with E-state index in [1.54, 1.807) is 24.3 Å². The predicted molar refractivity (Wildman–Crippen MR) is 123 cm³/mol. The highest BCUT2D eigenvalue weighted by molar-refractivity contribution is 7.89. The summed E-state index contributed by atoms with van der Waals surface area (Å²) in [7, 11) is -3.48.